The second-order valence-corrected chi connectivity index (χ2v) is 10.7. The number of carboxylic acids is 1. The lowest BCUT2D eigenvalue weighted by Crippen LogP contribution is -2.12. The van der Waals surface area contributed by atoms with Crippen LogP contribution in [0.15, 0.2) is 53.9 Å². The first-order chi connectivity index (χ1) is 18.5. The lowest BCUT2D eigenvalue weighted by atomic mass is 9.90. The highest BCUT2D eigenvalue weighted by atomic mass is 32.1. The van der Waals surface area contributed by atoms with Crippen molar-refractivity contribution in [3.05, 3.63) is 76.3 Å². The molecule has 0 bridgehead atoms. The Bertz CT molecular complexity index is 1140. The minimum Gasteiger partial charge on any atom is -0.481 e. The molecule has 7 heteroatoms. The average Bonchev–Trinajstić information content (AvgIpc) is 3.38. The summed E-state index contributed by atoms with van der Waals surface area (Å²) < 4.78 is 0. The number of benzene rings is 2. The Labute approximate surface area is 230 Å². The van der Waals surface area contributed by atoms with Gasteiger partial charge >= 0.3 is 5.97 Å². The van der Waals surface area contributed by atoms with E-state index >= 15 is 0 Å². The van der Waals surface area contributed by atoms with Gasteiger partial charge in [0.1, 0.15) is 0 Å². The van der Waals surface area contributed by atoms with Gasteiger partial charge in [-0.1, -0.05) is 82.7 Å². The fourth-order valence-corrected chi connectivity index (χ4v) is 5.28. The molecule has 0 aliphatic heterocycles. The number of hydrogen-bond acceptors (Lipinski definition) is 5. The van der Waals surface area contributed by atoms with Crippen LogP contribution in [-0.2, 0) is 24.2 Å². The lowest BCUT2D eigenvalue weighted by molar-refractivity contribution is -0.136. The van der Waals surface area contributed by atoms with Crippen molar-refractivity contribution >= 4 is 34.0 Å². The molecule has 0 aliphatic rings. The van der Waals surface area contributed by atoms with Gasteiger partial charge in [-0.25, -0.2) is 4.98 Å². The fraction of sp³-hybridized carbons (Fsp3) is 0.452. The molecule has 0 radical (unpaired) electrons. The number of carbonyl (C=O) groups is 2. The number of anilines is 2. The summed E-state index contributed by atoms with van der Waals surface area (Å²) in [5.41, 5.74) is 4.88. The Morgan fingerprint density at radius 2 is 1.66 bits per heavy atom. The Balaban J connectivity index is 1.52. The second kappa shape index (κ2) is 15.9. The fourth-order valence-electron chi connectivity index (χ4n) is 4.54. The third kappa shape index (κ3) is 9.93. The zero-order valence-corrected chi connectivity index (χ0v) is 23.5. The molecule has 2 aromatic carbocycles. The summed E-state index contributed by atoms with van der Waals surface area (Å²) in [6.45, 7) is 5.24. The molecule has 0 unspecified atom stereocenters. The number of nitrogens with one attached hydrogen (secondary N) is 2. The molecule has 3 rings (SSSR count). The third-order valence-corrected chi connectivity index (χ3v) is 7.64. The van der Waals surface area contributed by atoms with E-state index < -0.39 is 5.97 Å². The summed E-state index contributed by atoms with van der Waals surface area (Å²) in [6.07, 6.45) is 10.5. The molecule has 0 aliphatic carbocycles. The predicted molar refractivity (Wildman–Crippen MR) is 157 cm³/mol. The summed E-state index contributed by atoms with van der Waals surface area (Å²) >= 11 is 1.30. The molecule has 3 N–H and O–H groups in total. The van der Waals surface area contributed by atoms with Crippen LogP contribution in [0.5, 0.6) is 0 Å². The van der Waals surface area contributed by atoms with Crippen molar-refractivity contribution in [2.45, 2.75) is 84.6 Å². The molecule has 0 saturated carbocycles. The predicted octanol–water partition coefficient (Wildman–Crippen LogP) is 7.95. The smallest absolute Gasteiger partial charge is 0.303 e. The minimum absolute atomic E-state index is 0.0233. The van der Waals surface area contributed by atoms with E-state index in [4.69, 9.17) is 5.11 Å². The molecule has 6 nitrogen and oxygen atoms in total. The van der Waals surface area contributed by atoms with Crippen molar-refractivity contribution in [1.82, 2.24) is 4.98 Å². The normalized spacial score (nSPS) is 11.0. The number of para-hydroxylation sites is 1. The molecule has 3 aromatic rings. The van der Waals surface area contributed by atoms with E-state index in [9.17, 15) is 9.59 Å². The topological polar surface area (TPSA) is 91.3 Å². The Kier molecular flexibility index (Phi) is 12.3. The molecule has 38 heavy (non-hydrogen) atoms. The first-order valence-corrected chi connectivity index (χ1v) is 14.7. The van der Waals surface area contributed by atoms with Crippen molar-refractivity contribution in [3.8, 4) is 0 Å². The van der Waals surface area contributed by atoms with Crippen LogP contribution in [0.3, 0.4) is 0 Å². The van der Waals surface area contributed by atoms with Gasteiger partial charge in [0.05, 0.1) is 12.1 Å². The molecule has 0 atom stereocenters. The number of unbranched alkanes of at least 4 members (excludes halogenated alkanes) is 2. The van der Waals surface area contributed by atoms with Crippen LogP contribution in [0.4, 0.5) is 10.8 Å². The number of carboxylic acid groups (broad SMARTS) is 1. The van der Waals surface area contributed by atoms with Crippen LogP contribution < -0.4 is 10.6 Å². The Morgan fingerprint density at radius 1 is 0.947 bits per heavy atom. The van der Waals surface area contributed by atoms with Gasteiger partial charge in [-0.3, -0.25) is 14.9 Å². The van der Waals surface area contributed by atoms with Gasteiger partial charge in [0, 0.05) is 29.6 Å². The summed E-state index contributed by atoms with van der Waals surface area (Å²) in [5.74, 6) is -0.280. The number of amides is 1. The Hall–Kier alpha value is -3.19. The monoisotopic (exact) mass is 535 g/mol. The van der Waals surface area contributed by atoms with Crippen molar-refractivity contribution in [1.29, 1.82) is 0 Å². The quantitative estimate of drug-likeness (QED) is 0.163. The maximum Gasteiger partial charge on any atom is 0.303 e. The number of aliphatic carboxylic acids is 1. The molecular formula is C31H41N3O3S. The summed E-state index contributed by atoms with van der Waals surface area (Å²) in [7, 11) is 0. The first-order valence-electron chi connectivity index (χ1n) is 13.9. The zero-order valence-electron chi connectivity index (χ0n) is 22.7. The number of nitrogens with zero attached hydrogens (tertiary/aromatic N) is 1. The van der Waals surface area contributed by atoms with Crippen LogP contribution in [0.2, 0.25) is 0 Å². The van der Waals surface area contributed by atoms with Crippen LogP contribution in [0.1, 0.15) is 92.4 Å². The molecule has 0 fully saturated rings. The van der Waals surface area contributed by atoms with Crippen molar-refractivity contribution in [3.63, 3.8) is 0 Å². The van der Waals surface area contributed by atoms with Gasteiger partial charge in [0.2, 0.25) is 0 Å². The maximum absolute atomic E-state index is 12.6. The molecule has 0 spiro atoms. The van der Waals surface area contributed by atoms with Gasteiger partial charge in [-0.05, 0) is 48.1 Å². The highest BCUT2D eigenvalue weighted by Gasteiger charge is 2.12. The van der Waals surface area contributed by atoms with Gasteiger partial charge in [-0.2, -0.15) is 0 Å². The van der Waals surface area contributed by atoms with Gasteiger partial charge < -0.3 is 10.4 Å². The number of thiazole rings is 1. The highest BCUT2D eigenvalue weighted by molar-refractivity contribution is 7.14. The van der Waals surface area contributed by atoms with E-state index in [1.165, 1.54) is 67.5 Å². The SMILES string of the molecule is CCCCC(CCCC)CCc1ccccc1NCc1ccc(C(=O)Nc2nc(CCC(=O)O)cs2)cc1. The number of aryl methyl sites for hydroxylation is 2. The maximum atomic E-state index is 12.6. The molecule has 0 saturated heterocycles. The van der Waals surface area contributed by atoms with E-state index in [1.54, 1.807) is 5.38 Å². The van der Waals surface area contributed by atoms with Crippen molar-refractivity contribution in [2.24, 2.45) is 5.92 Å². The molecular weight excluding hydrogens is 494 g/mol. The van der Waals surface area contributed by atoms with E-state index in [-0.39, 0.29) is 12.3 Å². The molecule has 1 aromatic heterocycles. The third-order valence-electron chi connectivity index (χ3n) is 6.84. The number of hydrogen-bond donors (Lipinski definition) is 3. The molecule has 204 valence electrons. The summed E-state index contributed by atoms with van der Waals surface area (Å²) in [6, 6.07) is 16.2. The van der Waals surface area contributed by atoms with E-state index in [2.05, 4.69) is 53.7 Å². The largest absolute Gasteiger partial charge is 0.481 e. The van der Waals surface area contributed by atoms with Crippen LogP contribution in [-0.4, -0.2) is 22.0 Å². The average molecular weight is 536 g/mol. The number of aromatic nitrogens is 1. The standard InChI is InChI=1S/C31H41N3O3S/c1-3-5-9-23(10-6-4-2)13-16-25-11-7-8-12-28(25)32-21-24-14-17-26(18-15-24)30(37)34-31-33-27(22-38-31)19-20-29(35)36/h7-8,11-12,14-15,17-18,22-23,32H,3-6,9-10,13,16,19-21H2,1-2H3,(H,35,36)(H,33,34,37). The lowest BCUT2D eigenvalue weighted by Gasteiger charge is -2.18. The molecule has 1 amide bonds. The molecule has 1 heterocycles. The van der Waals surface area contributed by atoms with Gasteiger partial charge in [0.25, 0.3) is 5.91 Å². The summed E-state index contributed by atoms with van der Waals surface area (Å²) in [5, 5.41) is 17.5. The van der Waals surface area contributed by atoms with Crippen molar-refractivity contribution in [2.75, 3.05) is 10.6 Å². The Morgan fingerprint density at radius 3 is 2.34 bits per heavy atom. The number of carbonyl (C=O) groups excluding carboxylic acids is 1. The van der Waals surface area contributed by atoms with Crippen LogP contribution in [0, 0.1) is 5.92 Å². The zero-order chi connectivity index (χ0) is 27.2. The van der Waals surface area contributed by atoms with E-state index in [0.29, 0.717) is 29.4 Å². The van der Waals surface area contributed by atoms with Gasteiger partial charge in [0.15, 0.2) is 5.13 Å². The van der Waals surface area contributed by atoms with E-state index in [1.807, 2.05) is 24.3 Å². The van der Waals surface area contributed by atoms with Crippen LogP contribution >= 0.6 is 11.3 Å². The number of rotatable bonds is 17. The van der Waals surface area contributed by atoms with Gasteiger partial charge in [-0.15, -0.1) is 11.3 Å². The minimum atomic E-state index is -0.861. The van der Waals surface area contributed by atoms with E-state index in [0.717, 1.165) is 17.9 Å². The van der Waals surface area contributed by atoms with Crippen molar-refractivity contribution < 1.29 is 14.7 Å². The summed E-state index contributed by atoms with van der Waals surface area (Å²) in [4.78, 5) is 27.7. The van der Waals surface area contributed by atoms with Crippen LogP contribution in [0.25, 0.3) is 0 Å². The second-order valence-electron chi connectivity index (χ2n) is 9.89. The highest BCUT2D eigenvalue weighted by Crippen LogP contribution is 2.25. The first kappa shape index (κ1) is 29.4.